The van der Waals surface area contributed by atoms with Crippen molar-refractivity contribution in [3.63, 3.8) is 0 Å². The Labute approximate surface area is 130 Å². The van der Waals surface area contributed by atoms with Crippen molar-refractivity contribution in [3.05, 3.63) is 33.4 Å². The molecule has 0 unspecified atom stereocenters. The molecule has 0 aliphatic carbocycles. The fraction of sp³-hybridized carbons (Fsp3) is 0.538. The first-order valence-electron chi connectivity index (χ1n) is 6.30. The Balaban J connectivity index is 1.83. The second-order valence-corrected chi connectivity index (χ2v) is 6.03. The summed E-state index contributed by atoms with van der Waals surface area (Å²) in [6, 6.07) is 7.80. The van der Waals surface area contributed by atoms with Gasteiger partial charge in [0.15, 0.2) is 6.23 Å². The van der Waals surface area contributed by atoms with Crippen LogP contribution in [-0.2, 0) is 16.2 Å². The topological polar surface area (TPSA) is 91.2 Å². The molecule has 1 aliphatic rings. The predicted octanol–water partition coefficient (Wildman–Crippen LogP) is 0.140. The second kappa shape index (κ2) is 7.12. The van der Waals surface area contributed by atoms with Crippen LogP contribution in [0.4, 0.5) is 0 Å². The van der Waals surface area contributed by atoms with Crippen molar-refractivity contribution in [3.8, 4) is 0 Å². The average Bonchev–Trinajstić information content (AvgIpc) is 2.67. The summed E-state index contributed by atoms with van der Waals surface area (Å²) in [6.07, 6.45) is -4.86. The van der Waals surface area contributed by atoms with E-state index in [-0.39, 0.29) is 0 Å². The third-order valence-corrected chi connectivity index (χ3v) is 3.77. The maximum atomic E-state index is 9.79. The van der Waals surface area contributed by atoms with Gasteiger partial charge in [0.2, 0.25) is 0 Å². The monoisotopic (exact) mass is 395 g/mol. The lowest BCUT2D eigenvalue weighted by atomic mass is 10.1. The van der Waals surface area contributed by atoms with Crippen molar-refractivity contribution in [2.24, 2.45) is 0 Å². The van der Waals surface area contributed by atoms with Gasteiger partial charge < -0.3 is 20.1 Å². The standard InChI is InChI=1S/C13H18INO5/c1-7(16)12-10(17)11(18)13(20-12)15-19-6-8-3-2-4-9(14)5-8/h2-5,7,10-13,15-18H,6H2,1H3/t7-,10-,11-,12+,13+/m0/s1. The van der Waals surface area contributed by atoms with Crippen LogP contribution in [0.5, 0.6) is 0 Å². The Hall–Kier alpha value is -0.290. The molecular weight excluding hydrogens is 377 g/mol. The molecule has 1 aromatic rings. The van der Waals surface area contributed by atoms with Crippen molar-refractivity contribution < 1.29 is 24.9 Å². The highest BCUT2D eigenvalue weighted by molar-refractivity contribution is 14.1. The number of ether oxygens (including phenoxy) is 1. The quantitative estimate of drug-likeness (QED) is 0.419. The number of halogens is 1. The summed E-state index contributed by atoms with van der Waals surface area (Å²) in [7, 11) is 0. The van der Waals surface area contributed by atoms with E-state index in [9.17, 15) is 15.3 Å². The van der Waals surface area contributed by atoms with Crippen LogP contribution >= 0.6 is 22.6 Å². The first-order valence-corrected chi connectivity index (χ1v) is 7.38. The molecule has 1 heterocycles. The second-order valence-electron chi connectivity index (χ2n) is 4.78. The van der Waals surface area contributed by atoms with Crippen molar-refractivity contribution in [1.82, 2.24) is 5.48 Å². The van der Waals surface area contributed by atoms with Gasteiger partial charge in [0.25, 0.3) is 0 Å². The van der Waals surface area contributed by atoms with Crippen LogP contribution in [0.2, 0.25) is 0 Å². The summed E-state index contributed by atoms with van der Waals surface area (Å²) in [5.41, 5.74) is 3.55. The third-order valence-electron chi connectivity index (χ3n) is 3.10. The average molecular weight is 395 g/mol. The van der Waals surface area contributed by atoms with E-state index in [4.69, 9.17) is 9.57 Å². The minimum absolute atomic E-state index is 0.304. The highest BCUT2D eigenvalue weighted by Gasteiger charge is 2.44. The molecule has 7 heteroatoms. The maximum Gasteiger partial charge on any atom is 0.159 e. The highest BCUT2D eigenvalue weighted by Crippen LogP contribution is 2.22. The lowest BCUT2D eigenvalue weighted by Crippen LogP contribution is -2.41. The predicted molar refractivity (Wildman–Crippen MR) is 79.4 cm³/mol. The molecule has 0 spiro atoms. The van der Waals surface area contributed by atoms with E-state index in [2.05, 4.69) is 28.1 Å². The van der Waals surface area contributed by atoms with Gasteiger partial charge in [0.05, 0.1) is 12.7 Å². The van der Waals surface area contributed by atoms with Crippen LogP contribution in [-0.4, -0.2) is 46.0 Å². The number of nitrogens with one attached hydrogen (secondary N) is 1. The highest BCUT2D eigenvalue weighted by atomic mass is 127. The largest absolute Gasteiger partial charge is 0.391 e. The Morgan fingerprint density at radius 2 is 2.15 bits per heavy atom. The molecule has 1 aliphatic heterocycles. The molecule has 1 fully saturated rings. The molecule has 1 saturated heterocycles. The summed E-state index contributed by atoms with van der Waals surface area (Å²) in [4.78, 5) is 5.27. The smallest absolute Gasteiger partial charge is 0.159 e. The minimum atomic E-state index is -1.15. The molecule has 112 valence electrons. The fourth-order valence-electron chi connectivity index (χ4n) is 2.03. The number of aliphatic hydroxyl groups excluding tert-OH is 3. The van der Waals surface area contributed by atoms with Gasteiger partial charge in [-0.05, 0) is 47.2 Å². The minimum Gasteiger partial charge on any atom is -0.391 e. The van der Waals surface area contributed by atoms with Crippen molar-refractivity contribution in [1.29, 1.82) is 0 Å². The molecule has 4 N–H and O–H groups in total. The molecular formula is C13H18INO5. The zero-order valence-corrected chi connectivity index (χ0v) is 13.1. The molecule has 0 amide bonds. The normalized spacial score (nSPS) is 31.4. The van der Waals surface area contributed by atoms with E-state index in [0.29, 0.717) is 6.61 Å². The molecule has 6 nitrogen and oxygen atoms in total. The van der Waals surface area contributed by atoms with Crippen molar-refractivity contribution in [2.75, 3.05) is 0 Å². The lowest BCUT2D eigenvalue weighted by Gasteiger charge is -2.17. The summed E-state index contributed by atoms with van der Waals surface area (Å²) >= 11 is 2.21. The number of hydrogen-bond acceptors (Lipinski definition) is 6. The lowest BCUT2D eigenvalue weighted by molar-refractivity contribution is -0.130. The van der Waals surface area contributed by atoms with Crippen LogP contribution in [0.3, 0.4) is 0 Å². The summed E-state index contributed by atoms with van der Waals surface area (Å²) < 4.78 is 6.42. The molecule has 5 atom stereocenters. The maximum absolute atomic E-state index is 9.79. The van der Waals surface area contributed by atoms with E-state index < -0.39 is 30.6 Å². The van der Waals surface area contributed by atoms with Crippen LogP contribution in [0.15, 0.2) is 24.3 Å². The van der Waals surface area contributed by atoms with E-state index >= 15 is 0 Å². The number of hydrogen-bond donors (Lipinski definition) is 4. The van der Waals surface area contributed by atoms with E-state index in [1.54, 1.807) is 0 Å². The summed E-state index contributed by atoms with van der Waals surface area (Å²) in [5.74, 6) is 0. The molecule has 2 rings (SSSR count). The van der Waals surface area contributed by atoms with Crippen LogP contribution < -0.4 is 5.48 Å². The zero-order chi connectivity index (χ0) is 14.7. The SMILES string of the molecule is C[C@H](O)[C@H]1O[C@@H](NOCc2cccc(I)c2)[C@@H](O)[C@@H]1O. The fourth-order valence-corrected chi connectivity index (χ4v) is 2.64. The molecule has 0 saturated carbocycles. The van der Waals surface area contributed by atoms with E-state index in [1.165, 1.54) is 6.92 Å². The number of aliphatic hydroxyl groups is 3. The van der Waals surface area contributed by atoms with Gasteiger partial charge >= 0.3 is 0 Å². The molecule has 0 aromatic heterocycles. The molecule has 1 aromatic carbocycles. The van der Waals surface area contributed by atoms with E-state index in [1.807, 2.05) is 24.3 Å². The van der Waals surface area contributed by atoms with Gasteiger partial charge in [-0.15, -0.1) is 0 Å². The Morgan fingerprint density at radius 3 is 2.75 bits per heavy atom. The Bertz CT molecular complexity index is 445. The van der Waals surface area contributed by atoms with Crippen molar-refractivity contribution in [2.45, 2.75) is 44.2 Å². The number of rotatable bonds is 5. The third kappa shape index (κ3) is 3.88. The van der Waals surface area contributed by atoms with Crippen molar-refractivity contribution >= 4 is 22.6 Å². The zero-order valence-electron chi connectivity index (χ0n) is 10.9. The van der Waals surface area contributed by atoms with Crippen LogP contribution in [0.25, 0.3) is 0 Å². The molecule has 0 radical (unpaired) electrons. The van der Waals surface area contributed by atoms with E-state index in [0.717, 1.165) is 9.13 Å². The first kappa shape index (κ1) is 16.1. The van der Waals surface area contributed by atoms with Gasteiger partial charge in [0.1, 0.15) is 18.3 Å². The first-order chi connectivity index (χ1) is 9.49. The van der Waals surface area contributed by atoms with Gasteiger partial charge in [-0.2, -0.15) is 5.48 Å². The van der Waals surface area contributed by atoms with Gasteiger partial charge in [0, 0.05) is 3.57 Å². The number of hydroxylamine groups is 1. The Morgan fingerprint density at radius 1 is 1.40 bits per heavy atom. The summed E-state index contributed by atoms with van der Waals surface area (Å²) in [6.45, 7) is 1.80. The van der Waals surface area contributed by atoms with Gasteiger partial charge in [-0.1, -0.05) is 12.1 Å². The van der Waals surface area contributed by atoms with Gasteiger partial charge in [-0.3, -0.25) is 4.84 Å². The number of benzene rings is 1. The Kier molecular flexibility index (Phi) is 5.73. The molecule has 20 heavy (non-hydrogen) atoms. The van der Waals surface area contributed by atoms with Crippen LogP contribution in [0.1, 0.15) is 12.5 Å². The van der Waals surface area contributed by atoms with Gasteiger partial charge in [-0.25, -0.2) is 0 Å². The van der Waals surface area contributed by atoms with Crippen LogP contribution in [0, 0.1) is 3.57 Å². The summed E-state index contributed by atoms with van der Waals surface area (Å²) in [5, 5.41) is 28.9. The molecule has 0 bridgehead atoms.